The first-order valence-corrected chi connectivity index (χ1v) is 6.22. The van der Waals surface area contributed by atoms with E-state index in [0.29, 0.717) is 12.0 Å². The van der Waals surface area contributed by atoms with Crippen molar-refractivity contribution in [1.82, 2.24) is 14.9 Å². The van der Waals surface area contributed by atoms with Crippen molar-refractivity contribution in [1.29, 1.82) is 0 Å². The Hall–Kier alpha value is -1.36. The van der Waals surface area contributed by atoms with E-state index >= 15 is 0 Å². The molecule has 0 aliphatic carbocycles. The second-order valence-electron chi connectivity index (χ2n) is 4.64. The predicted molar refractivity (Wildman–Crippen MR) is 70.5 cm³/mol. The number of rotatable bonds is 4. The summed E-state index contributed by atoms with van der Waals surface area (Å²) in [6.45, 7) is 7.12. The fraction of sp³-hybridized carbons (Fsp3) is 0.667. The molecule has 0 radical (unpaired) electrons. The highest BCUT2D eigenvalue weighted by atomic mass is 15.2. The molecule has 2 heterocycles. The summed E-state index contributed by atoms with van der Waals surface area (Å²) in [7, 11) is 2.15. The zero-order valence-corrected chi connectivity index (χ0v) is 10.8. The van der Waals surface area contributed by atoms with Crippen LogP contribution in [0.4, 0.5) is 11.8 Å². The van der Waals surface area contributed by atoms with Crippen LogP contribution in [0.25, 0.3) is 0 Å². The maximum absolute atomic E-state index is 4.46. The number of hydrogen-bond donors (Lipinski definition) is 2. The van der Waals surface area contributed by atoms with Crippen LogP contribution in [0.3, 0.4) is 0 Å². The van der Waals surface area contributed by atoms with E-state index in [9.17, 15) is 0 Å². The maximum Gasteiger partial charge on any atom is 0.224 e. The second kappa shape index (κ2) is 5.31. The van der Waals surface area contributed by atoms with Crippen LogP contribution in [0, 0.1) is 6.92 Å². The highest BCUT2D eigenvalue weighted by Crippen LogP contribution is 2.15. The molecule has 1 aromatic heterocycles. The lowest BCUT2D eigenvalue weighted by atomic mass is 10.2. The number of hydrogen-bond acceptors (Lipinski definition) is 5. The van der Waals surface area contributed by atoms with Crippen molar-refractivity contribution in [3.05, 3.63) is 11.8 Å². The van der Waals surface area contributed by atoms with E-state index in [0.717, 1.165) is 31.1 Å². The molecule has 1 aliphatic rings. The van der Waals surface area contributed by atoms with Crippen molar-refractivity contribution in [2.45, 2.75) is 26.3 Å². The molecule has 17 heavy (non-hydrogen) atoms. The summed E-state index contributed by atoms with van der Waals surface area (Å²) in [6.07, 6.45) is 1.18. The van der Waals surface area contributed by atoms with Crippen molar-refractivity contribution in [3.63, 3.8) is 0 Å². The molecule has 0 bridgehead atoms. The van der Waals surface area contributed by atoms with Gasteiger partial charge in [-0.25, -0.2) is 4.98 Å². The molecule has 94 valence electrons. The van der Waals surface area contributed by atoms with Crippen molar-refractivity contribution >= 4 is 11.8 Å². The van der Waals surface area contributed by atoms with Crippen LogP contribution in [-0.4, -0.2) is 47.6 Å². The lowest BCUT2D eigenvalue weighted by molar-refractivity contribution is 0.414. The van der Waals surface area contributed by atoms with Gasteiger partial charge in [0.2, 0.25) is 5.95 Å². The summed E-state index contributed by atoms with van der Waals surface area (Å²) in [4.78, 5) is 11.1. The molecule has 0 saturated carbocycles. The smallest absolute Gasteiger partial charge is 0.224 e. The minimum atomic E-state index is 0.503. The molecule has 2 rings (SSSR count). The van der Waals surface area contributed by atoms with Gasteiger partial charge in [-0.2, -0.15) is 4.98 Å². The number of likely N-dealkylation sites (N-methyl/N-ethyl adjacent to an activating group) is 1. The third-order valence-electron chi connectivity index (χ3n) is 2.93. The average molecular weight is 235 g/mol. The Bertz CT molecular complexity index is 379. The van der Waals surface area contributed by atoms with E-state index in [1.165, 1.54) is 6.42 Å². The molecule has 1 saturated heterocycles. The van der Waals surface area contributed by atoms with Crippen LogP contribution >= 0.6 is 0 Å². The van der Waals surface area contributed by atoms with E-state index in [1.807, 2.05) is 19.9 Å². The molecule has 2 N–H and O–H groups in total. The number of nitrogens with zero attached hydrogens (tertiary/aromatic N) is 3. The van der Waals surface area contributed by atoms with Gasteiger partial charge in [-0.1, -0.05) is 0 Å². The third-order valence-corrected chi connectivity index (χ3v) is 2.93. The van der Waals surface area contributed by atoms with Crippen LogP contribution in [0.15, 0.2) is 6.07 Å². The Morgan fingerprint density at radius 3 is 2.94 bits per heavy atom. The van der Waals surface area contributed by atoms with Gasteiger partial charge in [-0.05, 0) is 33.9 Å². The van der Waals surface area contributed by atoms with Gasteiger partial charge in [0, 0.05) is 30.9 Å². The predicted octanol–water partition coefficient (Wildman–Crippen LogP) is 1.33. The van der Waals surface area contributed by atoms with Gasteiger partial charge in [0.1, 0.15) is 5.82 Å². The Morgan fingerprint density at radius 1 is 1.47 bits per heavy atom. The molecule has 5 heteroatoms. The zero-order valence-electron chi connectivity index (χ0n) is 10.8. The lowest BCUT2D eigenvalue weighted by Crippen LogP contribution is -2.24. The molecule has 1 unspecified atom stereocenters. The number of nitrogens with one attached hydrogen (secondary N) is 2. The van der Waals surface area contributed by atoms with E-state index in [1.54, 1.807) is 0 Å². The van der Waals surface area contributed by atoms with Gasteiger partial charge >= 0.3 is 0 Å². The minimum absolute atomic E-state index is 0.503. The molecule has 1 aromatic rings. The van der Waals surface area contributed by atoms with E-state index < -0.39 is 0 Å². The normalized spacial score (nSPS) is 20.5. The first-order valence-electron chi connectivity index (χ1n) is 6.22. The SMILES string of the molecule is CCNc1nc(C)cc(NC2CCN(C)C2)n1. The first kappa shape index (κ1) is 12.1. The second-order valence-corrected chi connectivity index (χ2v) is 4.64. The summed E-state index contributed by atoms with van der Waals surface area (Å²) >= 11 is 0. The molecule has 0 spiro atoms. The summed E-state index contributed by atoms with van der Waals surface area (Å²) in [5.41, 5.74) is 0.991. The van der Waals surface area contributed by atoms with Gasteiger partial charge in [-0.15, -0.1) is 0 Å². The highest BCUT2D eigenvalue weighted by Gasteiger charge is 2.19. The number of aryl methyl sites for hydroxylation is 1. The van der Waals surface area contributed by atoms with E-state index in [2.05, 4.69) is 32.5 Å². The summed E-state index contributed by atoms with van der Waals surface area (Å²) in [5.74, 6) is 1.63. The average Bonchev–Trinajstić information content (AvgIpc) is 2.63. The molecule has 0 aromatic carbocycles. The summed E-state index contributed by atoms with van der Waals surface area (Å²) in [5, 5.41) is 6.63. The highest BCUT2D eigenvalue weighted by molar-refractivity contribution is 5.43. The Kier molecular flexibility index (Phi) is 3.78. The standard InChI is InChI=1S/C12H21N5/c1-4-13-12-14-9(2)7-11(16-12)15-10-5-6-17(3)8-10/h7,10H,4-6,8H2,1-3H3,(H2,13,14,15,16). The third kappa shape index (κ3) is 3.30. The summed E-state index contributed by atoms with van der Waals surface area (Å²) in [6, 6.07) is 2.50. The van der Waals surface area contributed by atoms with Crippen molar-refractivity contribution in [3.8, 4) is 0 Å². The molecule has 1 atom stereocenters. The van der Waals surface area contributed by atoms with Crippen LogP contribution in [0.1, 0.15) is 19.0 Å². The van der Waals surface area contributed by atoms with Crippen LogP contribution in [0.2, 0.25) is 0 Å². The first-order chi connectivity index (χ1) is 8.17. The fourth-order valence-electron chi connectivity index (χ4n) is 2.14. The van der Waals surface area contributed by atoms with Crippen LogP contribution in [0.5, 0.6) is 0 Å². The molecular formula is C12H21N5. The van der Waals surface area contributed by atoms with Gasteiger partial charge in [0.05, 0.1) is 0 Å². The van der Waals surface area contributed by atoms with Crippen molar-refractivity contribution in [2.24, 2.45) is 0 Å². The molecule has 5 nitrogen and oxygen atoms in total. The number of aromatic nitrogens is 2. The van der Waals surface area contributed by atoms with Gasteiger partial charge < -0.3 is 15.5 Å². The maximum atomic E-state index is 4.46. The number of likely N-dealkylation sites (tertiary alicyclic amines) is 1. The Labute approximate surface area is 103 Å². The lowest BCUT2D eigenvalue weighted by Gasteiger charge is -2.14. The largest absolute Gasteiger partial charge is 0.366 e. The monoisotopic (exact) mass is 235 g/mol. The molecular weight excluding hydrogens is 214 g/mol. The van der Waals surface area contributed by atoms with E-state index in [4.69, 9.17) is 0 Å². The fourth-order valence-corrected chi connectivity index (χ4v) is 2.14. The summed E-state index contributed by atoms with van der Waals surface area (Å²) < 4.78 is 0. The van der Waals surface area contributed by atoms with Gasteiger partial charge in [0.25, 0.3) is 0 Å². The Balaban J connectivity index is 2.04. The number of anilines is 2. The topological polar surface area (TPSA) is 53.1 Å². The van der Waals surface area contributed by atoms with Crippen LogP contribution in [-0.2, 0) is 0 Å². The van der Waals surface area contributed by atoms with Gasteiger partial charge in [0.15, 0.2) is 0 Å². The van der Waals surface area contributed by atoms with Crippen molar-refractivity contribution < 1.29 is 0 Å². The quantitative estimate of drug-likeness (QED) is 0.824. The minimum Gasteiger partial charge on any atom is -0.366 e. The molecule has 1 fully saturated rings. The van der Waals surface area contributed by atoms with Crippen molar-refractivity contribution in [2.75, 3.05) is 37.3 Å². The molecule has 0 amide bonds. The zero-order chi connectivity index (χ0) is 12.3. The Morgan fingerprint density at radius 2 is 2.29 bits per heavy atom. The van der Waals surface area contributed by atoms with Crippen LogP contribution < -0.4 is 10.6 Å². The van der Waals surface area contributed by atoms with Gasteiger partial charge in [-0.3, -0.25) is 0 Å². The van der Waals surface area contributed by atoms with E-state index in [-0.39, 0.29) is 0 Å². The molecule has 1 aliphatic heterocycles.